The summed E-state index contributed by atoms with van der Waals surface area (Å²) in [6.45, 7) is 6.95. The number of hydrogen-bond acceptors (Lipinski definition) is 2. The van der Waals surface area contributed by atoms with E-state index in [1.807, 2.05) is 0 Å². The van der Waals surface area contributed by atoms with Crippen LogP contribution in [0, 0.1) is 0 Å². The summed E-state index contributed by atoms with van der Waals surface area (Å²) < 4.78 is 5.08. The minimum atomic E-state index is -0.322. The highest BCUT2D eigenvalue weighted by Gasteiger charge is 2.46. The molecule has 19 aromatic rings. The van der Waals surface area contributed by atoms with Crippen molar-refractivity contribution in [1.82, 2.24) is 9.13 Å². The third kappa shape index (κ3) is 8.51. The van der Waals surface area contributed by atoms with Gasteiger partial charge in [0.05, 0.1) is 33.4 Å². The fraction of sp³-hybridized carbons (Fsp3) is 0.0417. The molecule has 2 aliphatic heterocycles. The van der Waals surface area contributed by atoms with Crippen molar-refractivity contribution in [3.05, 3.63) is 345 Å². The van der Waals surface area contributed by atoms with Crippen molar-refractivity contribution in [2.24, 2.45) is 0 Å². The van der Waals surface area contributed by atoms with Gasteiger partial charge < -0.3 is 18.9 Å². The largest absolute Gasteiger partial charge is 0.310 e. The number of para-hydroxylation sites is 4. The SMILES string of the molecule is CC(C)(C)c1cc2c3c(c1)N(c1c(-c4ccccc4)cccc1-c1ccccc1)c1cc(-n4c5ccc6cccc7c8cccc9ccc4c(c98)c5c67)ccc1B3c1ccc(-n3c4ccccc4c4ccccc43)cc1N2c1c(-c2ccccc2)cccc1-c1cccc(-c2ccccc2)c1. The minimum Gasteiger partial charge on any atom is -0.310 e. The van der Waals surface area contributed by atoms with Crippen LogP contribution in [0.1, 0.15) is 26.3 Å². The molecule has 5 heteroatoms. The summed E-state index contributed by atoms with van der Waals surface area (Å²) in [5.41, 5.74) is 29.9. The van der Waals surface area contributed by atoms with Gasteiger partial charge in [0.15, 0.2) is 0 Å². The van der Waals surface area contributed by atoms with Crippen LogP contribution in [0.4, 0.5) is 34.1 Å². The molecule has 2 aromatic heterocycles. The van der Waals surface area contributed by atoms with Gasteiger partial charge in [-0.15, -0.1) is 0 Å². The maximum Gasteiger partial charge on any atom is 0.252 e. The Labute approximate surface area is 586 Å². The van der Waals surface area contributed by atoms with Gasteiger partial charge in [0, 0.05) is 77.9 Å². The third-order valence-corrected chi connectivity index (χ3v) is 22.1. The summed E-state index contributed by atoms with van der Waals surface area (Å²) >= 11 is 0. The van der Waals surface area contributed by atoms with Crippen LogP contribution >= 0.6 is 0 Å². The van der Waals surface area contributed by atoms with Gasteiger partial charge in [-0.3, -0.25) is 0 Å². The first-order valence-electron chi connectivity index (χ1n) is 35.3. The summed E-state index contributed by atoms with van der Waals surface area (Å²) in [5, 5.41) is 12.9. The molecule has 0 saturated heterocycles. The molecule has 0 N–H and O–H groups in total. The molecule has 0 bridgehead atoms. The molecule has 0 unspecified atom stereocenters. The van der Waals surface area contributed by atoms with Crippen molar-refractivity contribution in [3.63, 3.8) is 0 Å². The number of benzene rings is 17. The molecule has 0 spiro atoms. The van der Waals surface area contributed by atoms with E-state index >= 15 is 0 Å². The maximum atomic E-state index is 2.71. The van der Waals surface area contributed by atoms with E-state index in [1.165, 1.54) is 109 Å². The molecule has 0 amide bonds. The van der Waals surface area contributed by atoms with E-state index in [1.54, 1.807) is 0 Å². The fourth-order valence-corrected chi connectivity index (χ4v) is 17.7. The van der Waals surface area contributed by atoms with Gasteiger partial charge in [-0.05, 0) is 160 Å². The van der Waals surface area contributed by atoms with Gasteiger partial charge in [-0.2, -0.15) is 0 Å². The topological polar surface area (TPSA) is 16.3 Å². The van der Waals surface area contributed by atoms with Crippen LogP contribution in [0.15, 0.2) is 340 Å². The molecule has 0 atom stereocenters. The van der Waals surface area contributed by atoms with Crippen LogP contribution in [0.2, 0.25) is 0 Å². The first-order valence-corrected chi connectivity index (χ1v) is 35.3. The van der Waals surface area contributed by atoms with E-state index in [9.17, 15) is 0 Å². The smallest absolute Gasteiger partial charge is 0.252 e. The summed E-state index contributed by atoms with van der Waals surface area (Å²) in [6.07, 6.45) is 0. The molecule has 101 heavy (non-hydrogen) atoms. The normalized spacial score (nSPS) is 12.8. The second-order valence-electron chi connectivity index (χ2n) is 28.6. The number of anilines is 6. The van der Waals surface area contributed by atoms with E-state index in [4.69, 9.17) is 0 Å². The summed E-state index contributed by atoms with van der Waals surface area (Å²) in [4.78, 5) is 5.42. The lowest BCUT2D eigenvalue weighted by Crippen LogP contribution is -2.61. The molecule has 17 aromatic carbocycles. The van der Waals surface area contributed by atoms with Gasteiger partial charge >= 0.3 is 0 Å². The van der Waals surface area contributed by atoms with E-state index in [0.717, 1.165) is 90.0 Å². The summed E-state index contributed by atoms with van der Waals surface area (Å²) in [5.74, 6) is 0. The first kappa shape index (κ1) is 57.4. The van der Waals surface area contributed by atoms with Crippen LogP contribution in [-0.2, 0) is 5.41 Å². The highest BCUT2D eigenvalue weighted by atomic mass is 15.2. The average Bonchev–Trinajstić information content (AvgIpc) is 1.64. The molecule has 4 nitrogen and oxygen atoms in total. The van der Waals surface area contributed by atoms with Crippen molar-refractivity contribution in [3.8, 4) is 67.0 Å². The second-order valence-corrected chi connectivity index (χ2v) is 28.6. The van der Waals surface area contributed by atoms with Crippen LogP contribution in [-0.4, -0.2) is 15.8 Å². The molecular formula is C96H65BN4. The van der Waals surface area contributed by atoms with Gasteiger partial charge in [0.1, 0.15) is 0 Å². The standard InChI is InChI=1S/C96H65BN4/c1-96(2,3)68-56-87-93-88(57-68)101(95-73(63-31-14-7-15-32-63)41-24-42-74(95)67-36-20-35-66(55-67)60-25-8-4-9-26-60)85-58-69(98-81-45-18-16-37-75(81)76-38-17-19-46-82(76)98)49-51-79(85)97(93)80-52-50-70(59-86(80)100(87)94-71(61-27-10-5-11-28-61)39-23-40-72(94)62-29-12-6-13-30-62)99-83-53-47-64-33-21-43-77-78-44-22-34-65-48-54-84(99)92(90(65)78)91(83)89(64)77/h4-59H,1-3H3. The van der Waals surface area contributed by atoms with Gasteiger partial charge in [-0.1, -0.05) is 294 Å². The number of aromatic nitrogens is 2. The van der Waals surface area contributed by atoms with E-state index < -0.39 is 0 Å². The summed E-state index contributed by atoms with van der Waals surface area (Å²) in [7, 11) is 0. The Bertz CT molecular complexity index is 6350. The van der Waals surface area contributed by atoms with Crippen LogP contribution in [0.25, 0.3) is 143 Å². The Balaban J connectivity index is 0.922. The number of rotatable bonds is 9. The third-order valence-electron chi connectivity index (χ3n) is 22.1. The molecule has 2 aliphatic rings. The van der Waals surface area contributed by atoms with E-state index in [-0.39, 0.29) is 12.1 Å². The fourth-order valence-electron chi connectivity index (χ4n) is 17.7. The first-order chi connectivity index (χ1) is 49.8. The summed E-state index contributed by atoms with van der Waals surface area (Å²) in [6, 6.07) is 128. The maximum absolute atomic E-state index is 2.71. The van der Waals surface area contributed by atoms with Crippen molar-refractivity contribution < 1.29 is 0 Å². The van der Waals surface area contributed by atoms with Crippen molar-refractivity contribution in [2.75, 3.05) is 9.80 Å². The van der Waals surface area contributed by atoms with Gasteiger partial charge in [0.25, 0.3) is 6.71 Å². The number of nitrogens with zero attached hydrogens (tertiary/aromatic N) is 4. The predicted molar refractivity (Wildman–Crippen MR) is 430 cm³/mol. The number of hydrogen-bond donors (Lipinski definition) is 0. The minimum absolute atomic E-state index is 0.233. The Hall–Kier alpha value is -12.7. The van der Waals surface area contributed by atoms with Crippen LogP contribution in [0.3, 0.4) is 0 Å². The van der Waals surface area contributed by atoms with E-state index in [0.29, 0.717) is 0 Å². The lowest BCUT2D eigenvalue weighted by Gasteiger charge is -2.46. The van der Waals surface area contributed by atoms with Crippen LogP contribution < -0.4 is 26.2 Å². The monoisotopic (exact) mass is 1280 g/mol. The quantitative estimate of drug-likeness (QED) is 0.0814. The van der Waals surface area contributed by atoms with E-state index in [2.05, 4.69) is 379 Å². The van der Waals surface area contributed by atoms with Crippen molar-refractivity contribution in [2.45, 2.75) is 26.2 Å². The number of fused-ring (bicyclic) bond motifs is 8. The zero-order valence-electron chi connectivity index (χ0n) is 56.2. The zero-order chi connectivity index (χ0) is 66.8. The van der Waals surface area contributed by atoms with Gasteiger partial charge in [-0.25, -0.2) is 0 Å². The average molecular weight is 1290 g/mol. The molecule has 0 saturated carbocycles. The molecule has 0 radical (unpaired) electrons. The highest BCUT2D eigenvalue weighted by Crippen LogP contribution is 2.55. The lowest BCUT2D eigenvalue weighted by atomic mass is 9.33. The predicted octanol–water partition coefficient (Wildman–Crippen LogP) is 23.9. The Morgan fingerprint density at radius 1 is 0.257 bits per heavy atom. The molecule has 21 rings (SSSR count). The molecule has 472 valence electrons. The molecular weight excluding hydrogens is 1220 g/mol. The Morgan fingerprint density at radius 2 is 0.634 bits per heavy atom. The zero-order valence-corrected chi connectivity index (χ0v) is 56.2. The van der Waals surface area contributed by atoms with Crippen LogP contribution in [0.5, 0.6) is 0 Å². The Kier molecular flexibility index (Phi) is 12.4. The Morgan fingerprint density at radius 3 is 1.10 bits per heavy atom. The lowest BCUT2D eigenvalue weighted by molar-refractivity contribution is 0.590. The molecule has 0 fully saturated rings. The highest BCUT2D eigenvalue weighted by molar-refractivity contribution is 7.00. The van der Waals surface area contributed by atoms with Gasteiger partial charge in [0.2, 0.25) is 0 Å². The van der Waals surface area contributed by atoms with Crippen molar-refractivity contribution in [1.29, 1.82) is 0 Å². The molecule has 0 aliphatic carbocycles. The second kappa shape index (κ2) is 21.9. The van der Waals surface area contributed by atoms with Crippen molar-refractivity contribution >= 4 is 133 Å². The molecule has 4 heterocycles.